The smallest absolute Gasteiger partial charge is 0.301 e. The van der Waals surface area contributed by atoms with Gasteiger partial charge in [0.15, 0.2) is 6.04 Å². The summed E-state index contributed by atoms with van der Waals surface area (Å²) in [6, 6.07) is 1.14. The van der Waals surface area contributed by atoms with Gasteiger partial charge in [0.25, 0.3) is 0 Å². The van der Waals surface area contributed by atoms with Gasteiger partial charge in [-0.05, 0) is 6.42 Å². The SMILES string of the molecule is CCCC[C+]1C=N[C+](C)[N-]1.[Cl-]. The minimum Gasteiger partial charge on any atom is -1.00 e. The Kier molecular flexibility index (Phi) is 5.16. The first-order valence-corrected chi connectivity index (χ1v) is 3.78. The molecule has 0 aromatic carbocycles. The zero-order valence-corrected chi connectivity index (χ0v) is 7.73. The molecule has 0 aromatic rings. The third-order valence-corrected chi connectivity index (χ3v) is 1.49. The minimum atomic E-state index is 0. The second-order valence-electron chi connectivity index (χ2n) is 2.51. The number of hydrogen-bond donors (Lipinski definition) is 0. The summed E-state index contributed by atoms with van der Waals surface area (Å²) >= 11 is 0. The monoisotopic (exact) mass is 172 g/mol. The van der Waals surface area contributed by atoms with Gasteiger partial charge in [0.2, 0.25) is 0 Å². The largest absolute Gasteiger partial charge is 1.00 e. The molecule has 62 valence electrons. The number of unbranched alkanes of at least 4 members (excludes halogenated alkanes) is 1. The van der Waals surface area contributed by atoms with E-state index < -0.39 is 0 Å². The van der Waals surface area contributed by atoms with E-state index in [4.69, 9.17) is 0 Å². The predicted molar refractivity (Wildman–Crippen MR) is 43.5 cm³/mol. The lowest BCUT2D eigenvalue weighted by Crippen LogP contribution is -3.00. The Hall–Kier alpha value is -0.340. The molecule has 0 bridgehead atoms. The first-order chi connectivity index (χ1) is 4.83. The first kappa shape index (κ1) is 10.7. The Morgan fingerprint density at radius 1 is 1.55 bits per heavy atom. The maximum absolute atomic E-state index is 4.24. The molecule has 0 fully saturated rings. The van der Waals surface area contributed by atoms with Crippen molar-refractivity contribution in [2.75, 3.05) is 0 Å². The van der Waals surface area contributed by atoms with Gasteiger partial charge in [-0.2, -0.15) is 0 Å². The molecule has 0 saturated carbocycles. The van der Waals surface area contributed by atoms with Gasteiger partial charge in [0, 0.05) is 6.92 Å². The molecule has 0 N–H and O–H groups in total. The molecule has 0 amide bonds. The zero-order chi connectivity index (χ0) is 7.40. The summed E-state index contributed by atoms with van der Waals surface area (Å²) in [7, 11) is 0. The minimum absolute atomic E-state index is 0. The summed E-state index contributed by atoms with van der Waals surface area (Å²) in [5, 5.41) is 4.24. The maximum Gasteiger partial charge on any atom is 0.301 e. The Balaban J connectivity index is 0.000001000. The lowest BCUT2D eigenvalue weighted by molar-refractivity contribution is -0.00000227. The van der Waals surface area contributed by atoms with E-state index >= 15 is 0 Å². The molecule has 3 heteroatoms. The Bertz CT molecular complexity index is 125. The fourth-order valence-electron chi connectivity index (χ4n) is 0.912. The van der Waals surface area contributed by atoms with Crippen LogP contribution in [-0.4, -0.2) is 6.21 Å². The van der Waals surface area contributed by atoms with Crippen molar-refractivity contribution in [1.82, 2.24) is 0 Å². The van der Waals surface area contributed by atoms with Crippen LogP contribution in [0.15, 0.2) is 4.99 Å². The van der Waals surface area contributed by atoms with Crippen LogP contribution in [0.3, 0.4) is 0 Å². The summed E-state index contributed by atoms with van der Waals surface area (Å²) < 4.78 is 0. The van der Waals surface area contributed by atoms with Gasteiger partial charge in [-0.25, -0.2) is 0 Å². The third-order valence-electron chi connectivity index (χ3n) is 1.49. The van der Waals surface area contributed by atoms with Crippen LogP contribution in [0.1, 0.15) is 33.1 Å². The number of rotatable bonds is 3. The van der Waals surface area contributed by atoms with E-state index in [-0.39, 0.29) is 12.4 Å². The molecular weight excluding hydrogens is 160 g/mol. The molecule has 0 unspecified atom stereocenters. The second-order valence-corrected chi connectivity index (χ2v) is 2.51. The zero-order valence-electron chi connectivity index (χ0n) is 6.97. The van der Waals surface area contributed by atoms with Gasteiger partial charge in [-0.15, -0.1) is 0 Å². The van der Waals surface area contributed by atoms with Crippen LogP contribution >= 0.6 is 0 Å². The second kappa shape index (κ2) is 5.33. The average Bonchev–Trinajstić information content (AvgIpc) is 2.31. The highest BCUT2D eigenvalue weighted by atomic mass is 35.5. The Morgan fingerprint density at radius 3 is 2.73 bits per heavy atom. The summed E-state index contributed by atoms with van der Waals surface area (Å²) in [6.45, 7) is 4.11. The van der Waals surface area contributed by atoms with E-state index in [2.05, 4.69) is 17.2 Å². The molecule has 1 heterocycles. The summed E-state index contributed by atoms with van der Waals surface area (Å²) in [5.41, 5.74) is 0. The normalized spacial score (nSPS) is 15.5. The summed E-state index contributed by atoms with van der Waals surface area (Å²) in [4.78, 5) is 4.06. The molecule has 2 nitrogen and oxygen atoms in total. The highest BCUT2D eigenvalue weighted by Gasteiger charge is 2.23. The average molecular weight is 173 g/mol. The van der Waals surface area contributed by atoms with Crippen molar-refractivity contribution in [3.63, 3.8) is 0 Å². The standard InChI is InChI=1S/C8H13N2.ClH/c1-3-4-5-8-6-9-7(2)10-8;/h6H,3-5H2,1-2H3;1H/q+1;/p-1. The van der Waals surface area contributed by atoms with E-state index in [0.717, 1.165) is 18.6 Å². The molecule has 1 rings (SSSR count). The molecule has 0 spiro atoms. The van der Waals surface area contributed by atoms with Crippen LogP contribution in [0, 0.1) is 12.2 Å². The van der Waals surface area contributed by atoms with Gasteiger partial charge in [0.1, 0.15) is 12.6 Å². The number of nitrogens with zero attached hydrogens (tertiary/aromatic N) is 2. The molecule has 11 heavy (non-hydrogen) atoms. The molecule has 1 aliphatic heterocycles. The highest BCUT2D eigenvalue weighted by molar-refractivity contribution is 5.82. The van der Waals surface area contributed by atoms with E-state index in [9.17, 15) is 0 Å². The number of aliphatic imine (C=N–C) groups is 1. The van der Waals surface area contributed by atoms with Crippen LogP contribution in [0.25, 0.3) is 5.32 Å². The molecule has 0 radical (unpaired) electrons. The molecule has 0 saturated heterocycles. The lowest BCUT2D eigenvalue weighted by Gasteiger charge is -2.01. The molecule has 0 atom stereocenters. The van der Waals surface area contributed by atoms with E-state index in [1.54, 1.807) is 0 Å². The van der Waals surface area contributed by atoms with Crippen LogP contribution in [0.2, 0.25) is 0 Å². The molecule has 1 aliphatic rings. The fraction of sp³-hybridized carbons (Fsp3) is 0.625. The van der Waals surface area contributed by atoms with Crippen LogP contribution in [0.5, 0.6) is 0 Å². The predicted octanol–water partition coefficient (Wildman–Crippen LogP) is -0.320. The van der Waals surface area contributed by atoms with Crippen LogP contribution < -0.4 is 12.4 Å². The Labute approximate surface area is 74.9 Å². The fourth-order valence-corrected chi connectivity index (χ4v) is 0.912. The molecule has 0 aromatic heterocycles. The van der Waals surface area contributed by atoms with Gasteiger partial charge in [-0.1, -0.05) is 18.3 Å². The molecular formula is C8H13ClN2. The van der Waals surface area contributed by atoms with Crippen molar-refractivity contribution in [3.8, 4) is 0 Å². The lowest BCUT2D eigenvalue weighted by atomic mass is 10.1. The maximum atomic E-state index is 4.24. The quantitative estimate of drug-likeness (QED) is 0.522. The van der Waals surface area contributed by atoms with Crippen molar-refractivity contribution in [2.24, 2.45) is 4.99 Å². The van der Waals surface area contributed by atoms with Crippen molar-refractivity contribution < 1.29 is 12.4 Å². The molecule has 0 aliphatic carbocycles. The van der Waals surface area contributed by atoms with Gasteiger partial charge < -0.3 is 12.4 Å². The van der Waals surface area contributed by atoms with Crippen LogP contribution in [0.4, 0.5) is 0 Å². The van der Waals surface area contributed by atoms with Gasteiger partial charge in [-0.3, -0.25) is 5.32 Å². The van der Waals surface area contributed by atoms with Gasteiger partial charge in [0.05, 0.1) is 0 Å². The summed E-state index contributed by atoms with van der Waals surface area (Å²) in [6.07, 6.45) is 6.29. The van der Waals surface area contributed by atoms with Crippen molar-refractivity contribution in [3.05, 3.63) is 17.5 Å². The topological polar surface area (TPSA) is 26.5 Å². The van der Waals surface area contributed by atoms with Crippen LogP contribution in [-0.2, 0) is 0 Å². The van der Waals surface area contributed by atoms with Crippen molar-refractivity contribution >= 4 is 6.21 Å². The number of halogens is 1. The van der Waals surface area contributed by atoms with E-state index in [1.165, 1.54) is 12.8 Å². The highest BCUT2D eigenvalue weighted by Crippen LogP contribution is 2.29. The third kappa shape index (κ3) is 3.54. The van der Waals surface area contributed by atoms with Gasteiger partial charge >= 0.3 is 6.21 Å². The number of hydrogen-bond acceptors (Lipinski definition) is 1. The van der Waals surface area contributed by atoms with Crippen molar-refractivity contribution in [2.45, 2.75) is 33.1 Å². The van der Waals surface area contributed by atoms with E-state index in [1.807, 2.05) is 13.1 Å². The van der Waals surface area contributed by atoms with Crippen molar-refractivity contribution in [1.29, 1.82) is 0 Å². The Morgan fingerprint density at radius 2 is 2.27 bits per heavy atom. The summed E-state index contributed by atoms with van der Waals surface area (Å²) in [5.74, 6) is 0. The first-order valence-electron chi connectivity index (χ1n) is 3.78. The van der Waals surface area contributed by atoms with E-state index in [0.29, 0.717) is 0 Å².